The molecule has 0 spiro atoms. The van der Waals surface area contributed by atoms with E-state index in [1.807, 2.05) is 13.8 Å². The Kier molecular flexibility index (Phi) is 4.56. The van der Waals surface area contributed by atoms with Crippen molar-refractivity contribution in [3.8, 4) is 0 Å². The van der Waals surface area contributed by atoms with E-state index in [0.717, 1.165) is 70.8 Å². The largest absolute Gasteiger partial charge is 0.422 e. The molecule has 4 aromatic rings. The van der Waals surface area contributed by atoms with Crippen molar-refractivity contribution in [2.75, 3.05) is 31.1 Å². The highest BCUT2D eigenvalue weighted by molar-refractivity contribution is 7.16. The van der Waals surface area contributed by atoms with Crippen molar-refractivity contribution < 1.29 is 4.42 Å². The van der Waals surface area contributed by atoms with E-state index in [1.165, 1.54) is 0 Å². The lowest BCUT2D eigenvalue weighted by Crippen LogP contribution is -2.46. The third-order valence-corrected chi connectivity index (χ3v) is 6.64. The van der Waals surface area contributed by atoms with Gasteiger partial charge in [-0.25, -0.2) is 14.8 Å². The average Bonchev–Trinajstić information content (AvgIpc) is 3.21. The second-order valence-corrected chi connectivity index (χ2v) is 8.47. The zero-order valence-corrected chi connectivity index (χ0v) is 17.3. The Morgan fingerprint density at radius 3 is 2.72 bits per heavy atom. The maximum absolute atomic E-state index is 12.1. The monoisotopic (exact) mass is 406 g/mol. The van der Waals surface area contributed by atoms with Crippen molar-refractivity contribution in [3.63, 3.8) is 0 Å². The predicted octanol–water partition coefficient (Wildman–Crippen LogP) is 3.74. The summed E-state index contributed by atoms with van der Waals surface area (Å²) in [6.07, 6.45) is 1.65. The summed E-state index contributed by atoms with van der Waals surface area (Å²) in [4.78, 5) is 26.8. The molecule has 4 heterocycles. The quantitative estimate of drug-likeness (QED) is 0.483. The maximum Gasteiger partial charge on any atom is 0.336 e. The summed E-state index contributed by atoms with van der Waals surface area (Å²) in [7, 11) is 0. The lowest BCUT2D eigenvalue weighted by molar-refractivity contribution is 0.250. The Labute approximate surface area is 172 Å². The van der Waals surface area contributed by atoms with Crippen LogP contribution in [0, 0.1) is 13.8 Å². The van der Waals surface area contributed by atoms with Crippen LogP contribution in [0.5, 0.6) is 0 Å². The van der Waals surface area contributed by atoms with Gasteiger partial charge in [-0.1, -0.05) is 12.1 Å². The molecule has 0 radical (unpaired) electrons. The number of fused-ring (bicyclic) bond motifs is 2. The minimum atomic E-state index is -0.277. The van der Waals surface area contributed by atoms with Crippen molar-refractivity contribution in [1.29, 1.82) is 0 Å². The normalized spacial score (nSPS) is 15.4. The summed E-state index contributed by atoms with van der Waals surface area (Å²) in [6.45, 7) is 8.44. The number of benzene rings is 1. The van der Waals surface area contributed by atoms with Crippen molar-refractivity contribution in [1.82, 2.24) is 14.9 Å². The van der Waals surface area contributed by atoms with Crippen molar-refractivity contribution >= 4 is 38.3 Å². The Hall–Kier alpha value is -2.77. The Morgan fingerprint density at radius 2 is 1.90 bits per heavy atom. The minimum absolute atomic E-state index is 0.277. The van der Waals surface area contributed by atoms with Gasteiger partial charge in [0.1, 0.15) is 22.6 Å². The molecule has 0 N–H and O–H groups in total. The molecule has 1 aliphatic heterocycles. The topological polar surface area (TPSA) is 62.5 Å². The van der Waals surface area contributed by atoms with Gasteiger partial charge in [-0.05, 0) is 42.0 Å². The first-order chi connectivity index (χ1) is 14.1. The highest BCUT2D eigenvalue weighted by Crippen LogP contribution is 2.28. The number of anilines is 1. The molecule has 29 heavy (non-hydrogen) atoms. The van der Waals surface area contributed by atoms with Crippen LogP contribution in [-0.2, 0) is 6.54 Å². The van der Waals surface area contributed by atoms with Crippen LogP contribution in [0.3, 0.4) is 0 Å². The van der Waals surface area contributed by atoms with Crippen molar-refractivity contribution in [2.24, 2.45) is 0 Å². The van der Waals surface area contributed by atoms with Gasteiger partial charge in [0.25, 0.3) is 0 Å². The fraction of sp³-hybridized carbons (Fsp3) is 0.318. The van der Waals surface area contributed by atoms with Gasteiger partial charge >= 0.3 is 5.63 Å². The Morgan fingerprint density at radius 1 is 1.07 bits per heavy atom. The van der Waals surface area contributed by atoms with E-state index in [-0.39, 0.29) is 5.63 Å². The molecule has 148 valence electrons. The number of hydrogen-bond donors (Lipinski definition) is 0. The number of thiophene rings is 1. The average molecular weight is 407 g/mol. The molecular formula is C22H22N4O2S. The van der Waals surface area contributed by atoms with Crippen molar-refractivity contribution in [3.05, 3.63) is 63.1 Å². The molecule has 6 nitrogen and oxygen atoms in total. The molecule has 7 heteroatoms. The zero-order valence-electron chi connectivity index (χ0n) is 16.5. The molecule has 0 saturated carbocycles. The van der Waals surface area contributed by atoms with Gasteiger partial charge in [0, 0.05) is 44.2 Å². The van der Waals surface area contributed by atoms with Crippen LogP contribution in [0.15, 0.2) is 45.2 Å². The fourth-order valence-corrected chi connectivity index (χ4v) is 4.77. The predicted molar refractivity (Wildman–Crippen MR) is 117 cm³/mol. The van der Waals surface area contributed by atoms with Gasteiger partial charge in [0.15, 0.2) is 0 Å². The smallest absolute Gasteiger partial charge is 0.336 e. The highest BCUT2D eigenvalue weighted by atomic mass is 32.1. The van der Waals surface area contributed by atoms with E-state index < -0.39 is 0 Å². The first-order valence-electron chi connectivity index (χ1n) is 9.78. The molecule has 1 aliphatic rings. The fourth-order valence-electron chi connectivity index (χ4n) is 4.04. The first kappa shape index (κ1) is 18.3. The minimum Gasteiger partial charge on any atom is -0.422 e. The molecule has 5 rings (SSSR count). The summed E-state index contributed by atoms with van der Waals surface area (Å²) in [6, 6.07) is 7.91. The van der Waals surface area contributed by atoms with Gasteiger partial charge < -0.3 is 9.32 Å². The SMILES string of the molecule is Cc1ccc2c(CN3CCN(c4ncnc5sccc45)CC3)cc(=O)oc2c1C. The van der Waals surface area contributed by atoms with Crippen LogP contribution < -0.4 is 10.5 Å². The van der Waals surface area contributed by atoms with E-state index >= 15 is 0 Å². The molecule has 0 unspecified atom stereocenters. The summed E-state index contributed by atoms with van der Waals surface area (Å²) in [5, 5.41) is 4.23. The third-order valence-electron chi connectivity index (χ3n) is 5.82. The summed E-state index contributed by atoms with van der Waals surface area (Å²) < 4.78 is 5.52. The molecule has 0 amide bonds. The third kappa shape index (κ3) is 3.30. The van der Waals surface area contributed by atoms with Crippen LogP contribution in [0.4, 0.5) is 5.82 Å². The number of nitrogens with zero attached hydrogens (tertiary/aromatic N) is 4. The summed E-state index contributed by atoms with van der Waals surface area (Å²) >= 11 is 1.65. The highest BCUT2D eigenvalue weighted by Gasteiger charge is 2.21. The molecule has 1 fully saturated rings. The first-order valence-corrected chi connectivity index (χ1v) is 10.7. The Bertz CT molecular complexity index is 1250. The zero-order chi connectivity index (χ0) is 20.0. The summed E-state index contributed by atoms with van der Waals surface area (Å²) in [5.74, 6) is 1.02. The lowest BCUT2D eigenvalue weighted by Gasteiger charge is -2.35. The maximum atomic E-state index is 12.1. The van der Waals surface area contributed by atoms with Gasteiger partial charge in [0.05, 0.1) is 5.39 Å². The van der Waals surface area contributed by atoms with Crippen LogP contribution in [0.25, 0.3) is 21.2 Å². The number of aromatic nitrogens is 2. The van der Waals surface area contributed by atoms with Gasteiger partial charge in [0.2, 0.25) is 0 Å². The van der Waals surface area contributed by atoms with E-state index in [0.29, 0.717) is 5.58 Å². The molecule has 0 aliphatic carbocycles. The van der Waals surface area contributed by atoms with E-state index in [1.54, 1.807) is 23.7 Å². The van der Waals surface area contributed by atoms with Crippen LogP contribution in [0.1, 0.15) is 16.7 Å². The lowest BCUT2D eigenvalue weighted by atomic mass is 10.0. The van der Waals surface area contributed by atoms with E-state index in [9.17, 15) is 4.79 Å². The Balaban J connectivity index is 1.37. The number of aryl methyl sites for hydroxylation is 2. The van der Waals surface area contributed by atoms with Gasteiger partial charge in [-0.3, -0.25) is 4.90 Å². The molecule has 1 saturated heterocycles. The number of rotatable bonds is 3. The number of hydrogen-bond acceptors (Lipinski definition) is 7. The van der Waals surface area contributed by atoms with Crippen LogP contribution >= 0.6 is 11.3 Å². The van der Waals surface area contributed by atoms with E-state index in [2.05, 4.69) is 43.3 Å². The molecule has 3 aromatic heterocycles. The van der Waals surface area contributed by atoms with Crippen LogP contribution in [-0.4, -0.2) is 41.0 Å². The second kappa shape index (κ2) is 7.24. The molecular weight excluding hydrogens is 384 g/mol. The van der Waals surface area contributed by atoms with Crippen molar-refractivity contribution in [2.45, 2.75) is 20.4 Å². The standard InChI is InChI=1S/C22H22N4O2S/c1-14-3-4-17-16(11-19(27)28-20(17)15(14)2)12-25-6-8-26(9-7-25)21-18-5-10-29-22(18)24-13-23-21/h3-5,10-11,13H,6-9,12H2,1-2H3. The van der Waals surface area contributed by atoms with Gasteiger partial charge in [-0.2, -0.15) is 0 Å². The van der Waals surface area contributed by atoms with Crippen LogP contribution in [0.2, 0.25) is 0 Å². The molecule has 0 bridgehead atoms. The summed E-state index contributed by atoms with van der Waals surface area (Å²) in [5.41, 5.74) is 3.65. The van der Waals surface area contributed by atoms with Gasteiger partial charge in [-0.15, -0.1) is 11.3 Å². The van der Waals surface area contributed by atoms with E-state index in [4.69, 9.17) is 4.42 Å². The molecule has 0 atom stereocenters. The molecule has 1 aromatic carbocycles. The number of piperazine rings is 1. The second-order valence-electron chi connectivity index (χ2n) is 7.57.